The number of rotatable bonds is 5. The maximum absolute atomic E-state index is 13.4. The predicted octanol–water partition coefficient (Wildman–Crippen LogP) is 6.57. The number of alkyl halides is 3. The van der Waals surface area contributed by atoms with Gasteiger partial charge in [-0.2, -0.15) is 13.2 Å². The molecule has 3 fully saturated rings. The topological polar surface area (TPSA) is 54.0 Å². The van der Waals surface area contributed by atoms with Crippen LogP contribution in [0.25, 0.3) is 10.9 Å². The van der Waals surface area contributed by atoms with Gasteiger partial charge in [-0.1, -0.05) is 18.0 Å². The molecular weight excluding hydrogens is 451 g/mol. The summed E-state index contributed by atoms with van der Waals surface area (Å²) in [5.74, 6) is 2.29. The number of aromatic nitrogens is 1. The van der Waals surface area contributed by atoms with E-state index in [2.05, 4.69) is 15.6 Å². The van der Waals surface area contributed by atoms with Crippen molar-refractivity contribution in [2.24, 2.45) is 17.8 Å². The van der Waals surface area contributed by atoms with Crippen molar-refractivity contribution in [1.82, 2.24) is 10.3 Å². The fourth-order valence-corrected chi connectivity index (χ4v) is 6.39. The largest absolute Gasteiger partial charge is 0.433 e. The van der Waals surface area contributed by atoms with E-state index < -0.39 is 11.9 Å². The molecule has 0 aliphatic heterocycles. The van der Waals surface area contributed by atoms with E-state index >= 15 is 0 Å². The number of nitrogens with one attached hydrogen (secondary N) is 2. The SMILES string of the molecule is O=C(C[C@@H]1C[C@H]2CC[C@H]1C2)NC1CCC(Nc2cc(C(F)(F)F)nc3ccc(Cl)cc23)CC1. The standard InChI is InChI=1S/C25H29ClF3N3O/c26-17-3-8-21-20(12-17)22(13-23(32-21)25(27,28)29)30-18-4-6-19(7-5-18)31-24(33)11-16-10-14-1-2-15(16)9-14/h3,8,12-16,18-19H,1-2,4-7,9-11H2,(H,30,32)(H,31,33)/t14-,15-,16-,18?,19?/m0/s1. The number of amides is 1. The van der Waals surface area contributed by atoms with Crippen molar-refractivity contribution in [2.45, 2.75) is 76.0 Å². The van der Waals surface area contributed by atoms with Crippen molar-refractivity contribution in [2.75, 3.05) is 5.32 Å². The van der Waals surface area contributed by atoms with Gasteiger partial charge in [-0.15, -0.1) is 0 Å². The van der Waals surface area contributed by atoms with Crippen LogP contribution in [0.15, 0.2) is 24.3 Å². The van der Waals surface area contributed by atoms with Crippen LogP contribution in [-0.2, 0) is 11.0 Å². The molecular formula is C25H29ClF3N3O. The molecule has 8 heteroatoms. The first-order valence-electron chi connectivity index (χ1n) is 12.0. The third-order valence-electron chi connectivity index (χ3n) is 7.85. The van der Waals surface area contributed by atoms with E-state index in [1.807, 2.05) is 0 Å². The zero-order valence-corrected chi connectivity index (χ0v) is 19.2. The Balaban J connectivity index is 1.19. The summed E-state index contributed by atoms with van der Waals surface area (Å²) < 4.78 is 40.1. The number of hydrogen-bond acceptors (Lipinski definition) is 3. The first-order chi connectivity index (χ1) is 15.7. The highest BCUT2D eigenvalue weighted by Gasteiger charge is 2.40. The second kappa shape index (κ2) is 8.97. The third kappa shape index (κ3) is 5.08. The van der Waals surface area contributed by atoms with E-state index in [0.29, 0.717) is 28.4 Å². The van der Waals surface area contributed by atoms with Crippen molar-refractivity contribution < 1.29 is 18.0 Å². The lowest BCUT2D eigenvalue weighted by molar-refractivity contribution is -0.140. The minimum Gasteiger partial charge on any atom is -0.382 e. The van der Waals surface area contributed by atoms with Gasteiger partial charge in [0.05, 0.1) is 5.52 Å². The summed E-state index contributed by atoms with van der Waals surface area (Å²) in [4.78, 5) is 16.3. The Morgan fingerprint density at radius 1 is 1.03 bits per heavy atom. The number of carbonyl (C=O) groups excluding carboxylic acids is 1. The van der Waals surface area contributed by atoms with E-state index in [0.717, 1.165) is 43.6 Å². The fourth-order valence-electron chi connectivity index (χ4n) is 6.22. The molecule has 2 aromatic rings. The summed E-state index contributed by atoms with van der Waals surface area (Å²) >= 11 is 6.09. The van der Waals surface area contributed by atoms with Crippen molar-refractivity contribution in [3.63, 3.8) is 0 Å². The Labute approximate surface area is 196 Å². The van der Waals surface area contributed by atoms with Crippen LogP contribution in [0.2, 0.25) is 5.02 Å². The zero-order valence-electron chi connectivity index (χ0n) is 18.4. The molecule has 4 nitrogen and oxygen atoms in total. The molecule has 5 rings (SSSR count). The van der Waals surface area contributed by atoms with Crippen LogP contribution in [0.4, 0.5) is 18.9 Å². The molecule has 0 saturated heterocycles. The normalized spacial score (nSPS) is 29.4. The van der Waals surface area contributed by atoms with Crippen molar-refractivity contribution in [3.05, 3.63) is 35.0 Å². The predicted molar refractivity (Wildman–Crippen MR) is 123 cm³/mol. The van der Waals surface area contributed by atoms with Crippen LogP contribution in [-0.4, -0.2) is 23.0 Å². The number of hydrogen-bond donors (Lipinski definition) is 2. The minimum absolute atomic E-state index is 0.0365. The number of anilines is 1. The maximum atomic E-state index is 13.4. The van der Waals surface area contributed by atoms with Gasteiger partial charge in [-0.3, -0.25) is 4.79 Å². The van der Waals surface area contributed by atoms with Crippen LogP contribution in [0.5, 0.6) is 0 Å². The van der Waals surface area contributed by atoms with E-state index in [-0.39, 0.29) is 23.5 Å². The summed E-state index contributed by atoms with van der Waals surface area (Å²) in [6.07, 6.45) is 4.45. The zero-order chi connectivity index (χ0) is 23.2. The molecule has 33 heavy (non-hydrogen) atoms. The van der Waals surface area contributed by atoms with Gasteiger partial charge < -0.3 is 10.6 Å². The molecule has 1 aromatic carbocycles. The quantitative estimate of drug-likeness (QED) is 0.509. The summed E-state index contributed by atoms with van der Waals surface area (Å²) in [5.41, 5.74) is -0.252. The number of benzene rings is 1. The maximum Gasteiger partial charge on any atom is 0.433 e. The molecule has 0 radical (unpaired) electrons. The molecule has 1 amide bonds. The first-order valence-corrected chi connectivity index (χ1v) is 12.4. The van der Waals surface area contributed by atoms with Crippen molar-refractivity contribution >= 4 is 34.1 Å². The lowest BCUT2D eigenvalue weighted by atomic mass is 9.86. The van der Waals surface area contributed by atoms with Gasteiger partial charge in [0.15, 0.2) is 0 Å². The smallest absolute Gasteiger partial charge is 0.382 e. The molecule has 0 spiro atoms. The number of pyridine rings is 1. The van der Waals surface area contributed by atoms with E-state index in [1.165, 1.54) is 31.7 Å². The first kappa shape index (κ1) is 22.8. The Morgan fingerprint density at radius 3 is 2.45 bits per heavy atom. The number of carbonyl (C=O) groups is 1. The van der Waals surface area contributed by atoms with E-state index in [9.17, 15) is 18.0 Å². The molecule has 1 aromatic heterocycles. The molecule has 3 aliphatic carbocycles. The molecule has 2 bridgehead atoms. The Bertz CT molecular complexity index is 1040. The number of fused-ring (bicyclic) bond motifs is 3. The molecule has 3 aliphatic rings. The molecule has 0 unspecified atom stereocenters. The summed E-state index contributed by atoms with van der Waals surface area (Å²) in [7, 11) is 0. The Kier molecular flexibility index (Phi) is 6.19. The summed E-state index contributed by atoms with van der Waals surface area (Å²) in [5, 5.41) is 7.55. The Morgan fingerprint density at radius 2 is 1.79 bits per heavy atom. The summed E-state index contributed by atoms with van der Waals surface area (Å²) in [6, 6.07) is 5.96. The van der Waals surface area contributed by atoms with Gasteiger partial charge in [0.25, 0.3) is 0 Å². The number of halogens is 4. The van der Waals surface area contributed by atoms with Gasteiger partial charge >= 0.3 is 6.18 Å². The average Bonchev–Trinajstić information content (AvgIpc) is 3.38. The van der Waals surface area contributed by atoms with Gasteiger partial charge in [-0.25, -0.2) is 4.98 Å². The molecule has 2 N–H and O–H groups in total. The van der Waals surface area contributed by atoms with Crippen molar-refractivity contribution in [1.29, 1.82) is 0 Å². The minimum atomic E-state index is -4.52. The van der Waals surface area contributed by atoms with Crippen LogP contribution < -0.4 is 10.6 Å². The highest BCUT2D eigenvalue weighted by atomic mass is 35.5. The molecule has 1 heterocycles. The van der Waals surface area contributed by atoms with Crippen LogP contribution in [0.1, 0.15) is 63.5 Å². The van der Waals surface area contributed by atoms with Crippen LogP contribution in [0, 0.1) is 17.8 Å². The third-order valence-corrected chi connectivity index (χ3v) is 8.08. The van der Waals surface area contributed by atoms with Gasteiger partial charge in [0.2, 0.25) is 5.91 Å². The van der Waals surface area contributed by atoms with E-state index in [4.69, 9.17) is 11.6 Å². The van der Waals surface area contributed by atoms with Gasteiger partial charge in [-0.05, 0) is 87.0 Å². The average molecular weight is 480 g/mol. The molecule has 178 valence electrons. The van der Waals surface area contributed by atoms with Crippen LogP contribution >= 0.6 is 11.6 Å². The molecule has 3 atom stereocenters. The highest BCUT2D eigenvalue weighted by molar-refractivity contribution is 6.31. The van der Waals surface area contributed by atoms with E-state index in [1.54, 1.807) is 12.1 Å². The van der Waals surface area contributed by atoms with Gasteiger partial charge in [0, 0.05) is 34.6 Å². The molecule has 3 saturated carbocycles. The van der Waals surface area contributed by atoms with Crippen LogP contribution in [0.3, 0.4) is 0 Å². The lowest BCUT2D eigenvalue weighted by Crippen LogP contribution is -2.41. The second-order valence-corrected chi connectivity index (χ2v) is 10.6. The second-order valence-electron chi connectivity index (χ2n) is 10.1. The fraction of sp³-hybridized carbons (Fsp3) is 0.600. The lowest BCUT2D eigenvalue weighted by Gasteiger charge is -2.31. The van der Waals surface area contributed by atoms with Crippen molar-refractivity contribution in [3.8, 4) is 0 Å². The highest BCUT2D eigenvalue weighted by Crippen LogP contribution is 2.49. The Hall–Kier alpha value is -2.02. The van der Waals surface area contributed by atoms with Gasteiger partial charge in [0.1, 0.15) is 5.69 Å². The number of nitrogens with zero attached hydrogens (tertiary/aromatic N) is 1. The summed E-state index contributed by atoms with van der Waals surface area (Å²) in [6.45, 7) is 0. The monoisotopic (exact) mass is 479 g/mol.